The molecule has 3 rings (SSSR count). The van der Waals surface area contributed by atoms with E-state index in [4.69, 9.17) is 27.9 Å². The van der Waals surface area contributed by atoms with Crippen LogP contribution in [0.3, 0.4) is 0 Å². The number of ether oxygens (including phenoxy) is 1. The Kier molecular flexibility index (Phi) is 7.21. The molecule has 2 aromatic carbocycles. The molecule has 0 saturated heterocycles. The zero-order chi connectivity index (χ0) is 22.8. The van der Waals surface area contributed by atoms with Crippen LogP contribution >= 0.6 is 23.2 Å². The molecule has 1 saturated carbocycles. The molecule has 1 fully saturated rings. The van der Waals surface area contributed by atoms with Crippen molar-refractivity contribution in [3.05, 3.63) is 57.6 Å². The highest BCUT2D eigenvalue weighted by Gasteiger charge is 2.30. The van der Waals surface area contributed by atoms with E-state index in [0.29, 0.717) is 5.75 Å². The summed E-state index contributed by atoms with van der Waals surface area (Å²) in [6, 6.07) is 10.2. The van der Waals surface area contributed by atoms with E-state index in [-0.39, 0.29) is 45.1 Å². The number of carbonyl (C=O) groups is 1. The predicted octanol–water partition coefficient (Wildman–Crippen LogP) is 4.54. The topological polar surface area (TPSA) is 84.5 Å². The Morgan fingerprint density at radius 3 is 2.32 bits per heavy atom. The van der Waals surface area contributed by atoms with Crippen molar-refractivity contribution in [2.24, 2.45) is 0 Å². The lowest BCUT2D eigenvalue weighted by molar-refractivity contribution is 0.0947. The van der Waals surface area contributed by atoms with E-state index in [9.17, 15) is 13.2 Å². The number of halogens is 2. The van der Waals surface area contributed by atoms with Gasteiger partial charge in [0.1, 0.15) is 17.3 Å². The average molecular weight is 485 g/mol. The Balaban J connectivity index is 1.59. The molecule has 0 unspecified atom stereocenters. The molecule has 9 heteroatoms. The summed E-state index contributed by atoms with van der Waals surface area (Å²) in [5.41, 5.74) is 1.30. The fourth-order valence-corrected chi connectivity index (χ4v) is 5.04. The van der Waals surface area contributed by atoms with Gasteiger partial charge >= 0.3 is 0 Å². The summed E-state index contributed by atoms with van der Waals surface area (Å²) in [5.74, 6) is 0.197. The zero-order valence-electron chi connectivity index (χ0n) is 17.7. The Morgan fingerprint density at radius 1 is 1.10 bits per heavy atom. The molecule has 0 bridgehead atoms. The van der Waals surface area contributed by atoms with E-state index in [2.05, 4.69) is 30.8 Å². The van der Waals surface area contributed by atoms with Crippen LogP contribution in [-0.4, -0.2) is 33.5 Å². The lowest BCUT2D eigenvalue weighted by atomic mass is 9.87. The first-order valence-electron chi connectivity index (χ1n) is 10.0. The third-order valence-corrected chi connectivity index (χ3v) is 7.13. The molecule has 0 radical (unpaired) electrons. The highest BCUT2D eigenvalue weighted by molar-refractivity contribution is 7.89. The minimum atomic E-state index is -3.82. The van der Waals surface area contributed by atoms with Gasteiger partial charge in [0.2, 0.25) is 10.0 Å². The van der Waals surface area contributed by atoms with E-state index in [1.807, 2.05) is 24.3 Å². The number of sulfonamides is 1. The summed E-state index contributed by atoms with van der Waals surface area (Å²) in [7, 11) is -3.82. The molecule has 1 aliphatic carbocycles. The molecule has 2 aromatic rings. The summed E-state index contributed by atoms with van der Waals surface area (Å²) >= 11 is 12.2. The van der Waals surface area contributed by atoms with Crippen LogP contribution in [-0.2, 0) is 15.4 Å². The molecule has 6 nitrogen and oxygen atoms in total. The molecule has 0 atom stereocenters. The van der Waals surface area contributed by atoms with Gasteiger partial charge in [-0.05, 0) is 48.1 Å². The molecule has 0 aliphatic heterocycles. The van der Waals surface area contributed by atoms with Crippen LogP contribution in [0.4, 0.5) is 0 Å². The molecule has 31 heavy (non-hydrogen) atoms. The maximum atomic E-state index is 12.5. The van der Waals surface area contributed by atoms with Gasteiger partial charge in [-0.1, -0.05) is 56.1 Å². The van der Waals surface area contributed by atoms with Gasteiger partial charge in [0.05, 0.1) is 22.2 Å². The third-order valence-electron chi connectivity index (χ3n) is 4.83. The zero-order valence-corrected chi connectivity index (χ0v) is 20.0. The van der Waals surface area contributed by atoms with Gasteiger partial charge < -0.3 is 10.1 Å². The third kappa shape index (κ3) is 6.35. The summed E-state index contributed by atoms with van der Waals surface area (Å²) in [6.45, 7) is 6.89. The standard InChI is InChI=1S/C22H26Cl2N2O4S/c1-22(2,3)14-4-8-16(9-5-14)30-11-10-25-21(27)17-12-20(19(24)13-18(17)23)31(28,29)26-15-6-7-15/h4-5,8-9,12-13,15,26H,6-7,10-11H2,1-3H3,(H,25,27). The van der Waals surface area contributed by atoms with Gasteiger partial charge in [-0.25, -0.2) is 13.1 Å². The van der Waals surface area contributed by atoms with Gasteiger partial charge in [-0.15, -0.1) is 0 Å². The number of amides is 1. The molecular weight excluding hydrogens is 459 g/mol. The van der Waals surface area contributed by atoms with Gasteiger partial charge in [-0.2, -0.15) is 0 Å². The van der Waals surface area contributed by atoms with Crippen molar-refractivity contribution in [2.75, 3.05) is 13.2 Å². The highest BCUT2D eigenvalue weighted by atomic mass is 35.5. The minimum absolute atomic E-state index is 0.0308. The van der Waals surface area contributed by atoms with E-state index in [0.717, 1.165) is 12.8 Å². The Morgan fingerprint density at radius 2 is 1.74 bits per heavy atom. The van der Waals surface area contributed by atoms with Crippen LogP contribution in [0.15, 0.2) is 41.3 Å². The quantitative estimate of drug-likeness (QED) is 0.538. The van der Waals surface area contributed by atoms with E-state index in [1.54, 1.807) is 0 Å². The first kappa shape index (κ1) is 23.9. The summed E-state index contributed by atoms with van der Waals surface area (Å²) in [6.07, 6.45) is 1.58. The number of benzene rings is 2. The van der Waals surface area contributed by atoms with Crippen LogP contribution < -0.4 is 14.8 Å². The largest absolute Gasteiger partial charge is 0.492 e. The molecule has 0 aromatic heterocycles. The summed E-state index contributed by atoms with van der Waals surface area (Å²) in [5, 5.41) is 2.73. The fraction of sp³-hybridized carbons (Fsp3) is 0.409. The van der Waals surface area contributed by atoms with Gasteiger partial charge in [-0.3, -0.25) is 4.79 Å². The van der Waals surface area contributed by atoms with Crippen LogP contribution in [0, 0.1) is 0 Å². The van der Waals surface area contributed by atoms with Crippen LogP contribution in [0.1, 0.15) is 49.5 Å². The lowest BCUT2D eigenvalue weighted by Gasteiger charge is -2.19. The van der Waals surface area contributed by atoms with Crippen molar-refractivity contribution in [2.45, 2.75) is 50.0 Å². The summed E-state index contributed by atoms with van der Waals surface area (Å²) in [4.78, 5) is 12.4. The van der Waals surface area contributed by atoms with Crippen molar-refractivity contribution in [3.8, 4) is 5.75 Å². The Hall–Kier alpha value is -1.80. The molecule has 0 heterocycles. The number of hydrogen-bond donors (Lipinski definition) is 2. The monoisotopic (exact) mass is 484 g/mol. The van der Waals surface area contributed by atoms with Crippen LogP contribution in [0.25, 0.3) is 0 Å². The van der Waals surface area contributed by atoms with E-state index in [1.165, 1.54) is 17.7 Å². The summed E-state index contributed by atoms with van der Waals surface area (Å²) < 4.78 is 33.2. The number of nitrogens with one attached hydrogen (secondary N) is 2. The SMILES string of the molecule is CC(C)(C)c1ccc(OCCNC(=O)c2cc(S(=O)(=O)NC3CC3)c(Cl)cc2Cl)cc1. The van der Waals surface area contributed by atoms with Gasteiger partial charge in [0.25, 0.3) is 5.91 Å². The molecular formula is C22H26Cl2N2O4S. The first-order chi connectivity index (χ1) is 14.5. The van der Waals surface area contributed by atoms with E-state index >= 15 is 0 Å². The minimum Gasteiger partial charge on any atom is -0.492 e. The van der Waals surface area contributed by atoms with Crippen molar-refractivity contribution in [1.82, 2.24) is 10.0 Å². The van der Waals surface area contributed by atoms with Gasteiger partial charge in [0, 0.05) is 6.04 Å². The second kappa shape index (κ2) is 9.36. The van der Waals surface area contributed by atoms with Crippen molar-refractivity contribution in [3.63, 3.8) is 0 Å². The second-order valence-corrected chi connectivity index (χ2v) is 11.0. The fourth-order valence-electron chi connectivity index (χ4n) is 2.87. The average Bonchev–Trinajstić information content (AvgIpc) is 3.47. The highest BCUT2D eigenvalue weighted by Crippen LogP contribution is 2.30. The van der Waals surface area contributed by atoms with Crippen LogP contribution in [0.2, 0.25) is 10.0 Å². The number of carbonyl (C=O) groups excluding carboxylic acids is 1. The number of rotatable bonds is 8. The Bertz CT molecular complexity index is 1060. The maximum absolute atomic E-state index is 12.5. The van der Waals surface area contributed by atoms with Gasteiger partial charge in [0.15, 0.2) is 0 Å². The van der Waals surface area contributed by atoms with Crippen LogP contribution in [0.5, 0.6) is 5.75 Å². The molecule has 168 valence electrons. The first-order valence-corrected chi connectivity index (χ1v) is 12.2. The maximum Gasteiger partial charge on any atom is 0.252 e. The molecule has 2 N–H and O–H groups in total. The molecule has 1 amide bonds. The van der Waals surface area contributed by atoms with Crippen molar-refractivity contribution < 1.29 is 17.9 Å². The molecule has 1 aliphatic rings. The molecule has 0 spiro atoms. The second-order valence-electron chi connectivity index (χ2n) is 8.54. The normalized spacial score (nSPS) is 14.4. The number of hydrogen-bond acceptors (Lipinski definition) is 4. The Labute approximate surface area is 193 Å². The van der Waals surface area contributed by atoms with Crippen molar-refractivity contribution in [1.29, 1.82) is 0 Å². The predicted molar refractivity (Wildman–Crippen MR) is 123 cm³/mol. The smallest absolute Gasteiger partial charge is 0.252 e. The van der Waals surface area contributed by atoms with E-state index < -0.39 is 15.9 Å². The van der Waals surface area contributed by atoms with Crippen molar-refractivity contribution >= 4 is 39.1 Å². The lowest BCUT2D eigenvalue weighted by Crippen LogP contribution is -2.29.